The van der Waals surface area contributed by atoms with E-state index in [2.05, 4.69) is 4.72 Å². The van der Waals surface area contributed by atoms with Crippen LogP contribution in [0.3, 0.4) is 0 Å². The van der Waals surface area contributed by atoms with Gasteiger partial charge < -0.3 is 0 Å². The molecule has 0 heterocycles. The second-order valence-electron chi connectivity index (χ2n) is 4.53. The van der Waals surface area contributed by atoms with Crippen molar-refractivity contribution in [3.05, 3.63) is 64.0 Å². The molecule has 6 nitrogen and oxygen atoms in total. The highest BCUT2D eigenvalue weighted by Gasteiger charge is 2.18. The molecule has 0 fully saturated rings. The predicted molar refractivity (Wildman–Crippen MR) is 79.7 cm³/mol. The number of anilines is 1. The fourth-order valence-corrected chi connectivity index (χ4v) is 2.88. The summed E-state index contributed by atoms with van der Waals surface area (Å²) >= 11 is 0. The fourth-order valence-electron chi connectivity index (χ4n) is 1.83. The molecule has 2 aromatic carbocycles. The van der Waals surface area contributed by atoms with Gasteiger partial charge in [-0.3, -0.25) is 14.8 Å². The summed E-state index contributed by atoms with van der Waals surface area (Å²) in [5.41, 5.74) is 0.116. The molecule has 2 aromatic rings. The third-order valence-electron chi connectivity index (χ3n) is 3.04. The van der Waals surface area contributed by atoms with Crippen LogP contribution in [-0.4, -0.2) is 13.3 Å². The number of halogens is 1. The monoisotopic (exact) mass is 324 g/mol. The summed E-state index contributed by atoms with van der Waals surface area (Å²) in [7, 11) is -3.89. The minimum Gasteiger partial charge on any atom is -0.279 e. The molecule has 0 saturated heterocycles. The van der Waals surface area contributed by atoms with Crippen LogP contribution in [0.15, 0.2) is 47.4 Å². The molecule has 0 unspecified atom stereocenters. The first-order valence-electron chi connectivity index (χ1n) is 6.39. The Hall–Kier alpha value is -2.48. The Balaban J connectivity index is 2.32. The third-order valence-corrected chi connectivity index (χ3v) is 4.43. The quantitative estimate of drug-likeness (QED) is 0.676. The summed E-state index contributed by atoms with van der Waals surface area (Å²) in [6, 6.07) is 9.06. The molecule has 0 amide bonds. The van der Waals surface area contributed by atoms with Gasteiger partial charge in [0.25, 0.3) is 10.0 Å². The molecule has 8 heteroatoms. The van der Waals surface area contributed by atoms with Gasteiger partial charge in [-0.15, -0.1) is 0 Å². The summed E-state index contributed by atoms with van der Waals surface area (Å²) in [5.74, 6) is -1.03. The molecule has 0 atom stereocenters. The molecule has 0 radical (unpaired) electrons. The highest BCUT2D eigenvalue weighted by atomic mass is 32.2. The fraction of sp³-hybridized carbons (Fsp3) is 0.143. The number of benzene rings is 2. The van der Waals surface area contributed by atoms with Crippen LogP contribution in [0.4, 0.5) is 15.8 Å². The molecule has 1 N–H and O–H groups in total. The number of nitrogens with one attached hydrogen (secondary N) is 1. The van der Waals surface area contributed by atoms with E-state index in [1.54, 1.807) is 12.1 Å². The lowest BCUT2D eigenvalue weighted by atomic mass is 10.2. The molecule has 0 aliphatic carbocycles. The smallest absolute Gasteiger partial charge is 0.279 e. The molecule has 0 aliphatic rings. The highest BCUT2D eigenvalue weighted by Crippen LogP contribution is 2.24. The van der Waals surface area contributed by atoms with Gasteiger partial charge in [0.2, 0.25) is 5.82 Å². The topological polar surface area (TPSA) is 89.3 Å². The first-order chi connectivity index (χ1) is 10.3. The Morgan fingerprint density at radius 1 is 1.18 bits per heavy atom. The van der Waals surface area contributed by atoms with Gasteiger partial charge in [0.1, 0.15) is 0 Å². The van der Waals surface area contributed by atoms with E-state index in [-0.39, 0.29) is 10.6 Å². The Morgan fingerprint density at radius 3 is 2.36 bits per heavy atom. The van der Waals surface area contributed by atoms with E-state index in [9.17, 15) is 22.9 Å². The number of sulfonamides is 1. The van der Waals surface area contributed by atoms with E-state index in [0.29, 0.717) is 0 Å². The maximum Gasteiger partial charge on any atom is 0.306 e. The van der Waals surface area contributed by atoms with Crippen LogP contribution in [0.25, 0.3) is 0 Å². The second kappa shape index (κ2) is 6.10. The number of nitro benzene ring substituents is 1. The Bertz CT molecular complexity index is 804. The Morgan fingerprint density at radius 2 is 1.82 bits per heavy atom. The van der Waals surface area contributed by atoms with Crippen molar-refractivity contribution in [2.45, 2.75) is 18.2 Å². The lowest BCUT2D eigenvalue weighted by Crippen LogP contribution is -2.13. The zero-order valence-electron chi connectivity index (χ0n) is 11.6. The van der Waals surface area contributed by atoms with E-state index < -0.39 is 26.5 Å². The summed E-state index contributed by atoms with van der Waals surface area (Å²) in [5, 5.41) is 10.7. The Kier molecular flexibility index (Phi) is 4.41. The average molecular weight is 324 g/mol. The molecule has 0 aromatic heterocycles. The average Bonchev–Trinajstić information content (AvgIpc) is 2.48. The van der Waals surface area contributed by atoms with E-state index in [0.717, 1.165) is 30.2 Å². The van der Waals surface area contributed by atoms with E-state index >= 15 is 0 Å². The predicted octanol–water partition coefficient (Wildman–Crippen LogP) is 3.10. The van der Waals surface area contributed by atoms with Gasteiger partial charge in [-0.25, -0.2) is 8.42 Å². The normalized spacial score (nSPS) is 11.2. The van der Waals surface area contributed by atoms with Crippen LogP contribution in [0.2, 0.25) is 0 Å². The standard InChI is InChI=1S/C14H13FN2O4S/c1-2-10-3-6-12(7-4-10)22(20,21)16-11-5-8-13(15)14(9-11)17(18)19/h3-9,16H,2H2,1H3. The largest absolute Gasteiger partial charge is 0.306 e. The van der Waals surface area contributed by atoms with Gasteiger partial charge >= 0.3 is 5.69 Å². The van der Waals surface area contributed by atoms with Crippen LogP contribution in [0.1, 0.15) is 12.5 Å². The van der Waals surface area contributed by atoms with Gasteiger partial charge in [0, 0.05) is 6.07 Å². The molecular weight excluding hydrogens is 311 g/mol. The number of hydrogen-bond acceptors (Lipinski definition) is 4. The summed E-state index contributed by atoms with van der Waals surface area (Å²) in [6.45, 7) is 1.94. The van der Waals surface area contributed by atoms with Crippen molar-refractivity contribution >= 4 is 21.4 Å². The van der Waals surface area contributed by atoms with Gasteiger partial charge in [-0.1, -0.05) is 19.1 Å². The number of rotatable bonds is 5. The van der Waals surface area contributed by atoms with Gasteiger partial charge in [0.05, 0.1) is 15.5 Å². The van der Waals surface area contributed by atoms with E-state index in [1.165, 1.54) is 12.1 Å². The lowest BCUT2D eigenvalue weighted by molar-refractivity contribution is -0.387. The number of aryl methyl sites for hydroxylation is 1. The molecule has 0 bridgehead atoms. The van der Waals surface area contributed by atoms with E-state index in [1.807, 2.05) is 6.92 Å². The zero-order valence-corrected chi connectivity index (χ0v) is 12.4. The first-order valence-corrected chi connectivity index (χ1v) is 7.87. The Labute approximate surface area is 126 Å². The molecular formula is C14H13FN2O4S. The maximum absolute atomic E-state index is 13.2. The second-order valence-corrected chi connectivity index (χ2v) is 6.21. The van der Waals surface area contributed by atoms with Crippen LogP contribution >= 0.6 is 0 Å². The highest BCUT2D eigenvalue weighted by molar-refractivity contribution is 7.92. The lowest BCUT2D eigenvalue weighted by Gasteiger charge is -2.08. The minimum atomic E-state index is -3.89. The van der Waals surface area contributed by atoms with E-state index in [4.69, 9.17) is 0 Å². The van der Waals surface area contributed by atoms with Crippen LogP contribution in [-0.2, 0) is 16.4 Å². The summed E-state index contributed by atoms with van der Waals surface area (Å²) in [6.07, 6.45) is 0.776. The van der Waals surface area contributed by atoms with Crippen LogP contribution < -0.4 is 4.72 Å². The molecule has 2 rings (SSSR count). The number of nitrogens with zero attached hydrogens (tertiary/aromatic N) is 1. The van der Waals surface area contributed by atoms with Crippen molar-refractivity contribution in [1.82, 2.24) is 0 Å². The summed E-state index contributed by atoms with van der Waals surface area (Å²) < 4.78 is 39.8. The molecule has 0 aliphatic heterocycles. The minimum absolute atomic E-state index is 0.0247. The van der Waals surface area contributed by atoms with Crippen molar-refractivity contribution in [2.75, 3.05) is 4.72 Å². The van der Waals surface area contributed by atoms with Crippen molar-refractivity contribution in [3.8, 4) is 0 Å². The van der Waals surface area contributed by atoms with Crippen molar-refractivity contribution in [2.24, 2.45) is 0 Å². The van der Waals surface area contributed by atoms with Crippen molar-refractivity contribution in [3.63, 3.8) is 0 Å². The van der Waals surface area contributed by atoms with Gasteiger partial charge in [-0.05, 0) is 36.2 Å². The molecule has 22 heavy (non-hydrogen) atoms. The number of hydrogen-bond donors (Lipinski definition) is 1. The molecule has 0 saturated carbocycles. The number of nitro groups is 1. The zero-order chi connectivity index (χ0) is 16.3. The molecule has 116 valence electrons. The van der Waals surface area contributed by atoms with Gasteiger partial charge in [-0.2, -0.15) is 4.39 Å². The maximum atomic E-state index is 13.2. The SMILES string of the molecule is CCc1ccc(S(=O)(=O)Nc2ccc(F)c([N+](=O)[O-])c2)cc1. The van der Waals surface area contributed by atoms with Crippen molar-refractivity contribution < 1.29 is 17.7 Å². The van der Waals surface area contributed by atoms with Crippen LogP contribution in [0.5, 0.6) is 0 Å². The van der Waals surface area contributed by atoms with Crippen molar-refractivity contribution in [1.29, 1.82) is 0 Å². The molecule has 0 spiro atoms. The summed E-state index contributed by atoms with van der Waals surface area (Å²) in [4.78, 5) is 9.78. The van der Waals surface area contributed by atoms with Crippen LogP contribution in [0, 0.1) is 15.9 Å². The first kappa shape index (κ1) is 15.9. The van der Waals surface area contributed by atoms with Gasteiger partial charge in [0.15, 0.2) is 0 Å². The third kappa shape index (κ3) is 3.40.